The van der Waals surface area contributed by atoms with E-state index in [2.05, 4.69) is 4.74 Å². The van der Waals surface area contributed by atoms with Gasteiger partial charge in [-0.2, -0.15) is 13.2 Å². The summed E-state index contributed by atoms with van der Waals surface area (Å²) in [6, 6.07) is 0. The molecule has 0 saturated carbocycles. The highest BCUT2D eigenvalue weighted by molar-refractivity contribution is 4.83. The minimum absolute atomic E-state index is 0.0216. The Labute approximate surface area is 105 Å². The molecule has 1 N–H and O–H groups in total. The van der Waals surface area contributed by atoms with Crippen molar-refractivity contribution in [3.8, 4) is 0 Å². The Morgan fingerprint density at radius 1 is 1.44 bits per heavy atom. The van der Waals surface area contributed by atoms with Gasteiger partial charge in [-0.05, 0) is 13.8 Å². The van der Waals surface area contributed by atoms with Gasteiger partial charge in [0.2, 0.25) is 0 Å². The van der Waals surface area contributed by atoms with Gasteiger partial charge >= 0.3 is 6.18 Å². The summed E-state index contributed by atoms with van der Waals surface area (Å²) >= 11 is 0. The van der Waals surface area contributed by atoms with Gasteiger partial charge in [0.1, 0.15) is 6.61 Å². The molecule has 0 aromatic heterocycles. The molecule has 1 rings (SSSR count). The van der Waals surface area contributed by atoms with Crippen LogP contribution in [0.4, 0.5) is 13.2 Å². The zero-order valence-corrected chi connectivity index (χ0v) is 10.7. The van der Waals surface area contributed by atoms with E-state index in [1.807, 2.05) is 18.7 Å². The number of aliphatic hydroxyl groups is 1. The minimum atomic E-state index is -4.28. The second-order valence-corrected chi connectivity index (χ2v) is 5.09. The molecule has 0 aromatic rings. The molecule has 0 aromatic carbocycles. The topological polar surface area (TPSA) is 41.9 Å². The van der Waals surface area contributed by atoms with Crippen LogP contribution >= 0.6 is 0 Å². The van der Waals surface area contributed by atoms with Gasteiger partial charge in [-0.25, -0.2) is 0 Å². The monoisotopic (exact) mass is 271 g/mol. The zero-order valence-electron chi connectivity index (χ0n) is 10.7. The lowest BCUT2D eigenvalue weighted by Gasteiger charge is -2.42. The van der Waals surface area contributed by atoms with Crippen LogP contribution < -0.4 is 0 Å². The highest BCUT2D eigenvalue weighted by atomic mass is 19.4. The number of hydrogen-bond acceptors (Lipinski definition) is 4. The van der Waals surface area contributed by atoms with Crippen molar-refractivity contribution in [3.63, 3.8) is 0 Å². The van der Waals surface area contributed by atoms with E-state index in [1.54, 1.807) is 0 Å². The predicted octanol–water partition coefficient (Wildman–Crippen LogP) is 1.04. The van der Waals surface area contributed by atoms with Crippen LogP contribution in [0.2, 0.25) is 0 Å². The zero-order chi connectivity index (χ0) is 13.8. The molecule has 1 fully saturated rings. The van der Waals surface area contributed by atoms with Gasteiger partial charge in [-0.3, -0.25) is 4.90 Å². The number of nitrogens with zero attached hydrogens (tertiary/aromatic N) is 1. The SMILES string of the molecule is CC1(C)CN(CCOCC(F)(F)F)CC(CO)O1. The molecule has 18 heavy (non-hydrogen) atoms. The van der Waals surface area contributed by atoms with E-state index in [0.29, 0.717) is 19.6 Å². The molecule has 1 aliphatic heterocycles. The van der Waals surface area contributed by atoms with Gasteiger partial charge in [-0.15, -0.1) is 0 Å². The maximum absolute atomic E-state index is 11.9. The number of hydrogen-bond donors (Lipinski definition) is 1. The summed E-state index contributed by atoms with van der Waals surface area (Å²) in [5.41, 5.74) is -0.407. The van der Waals surface area contributed by atoms with E-state index < -0.39 is 18.4 Å². The summed E-state index contributed by atoms with van der Waals surface area (Å²) in [6.45, 7) is 4.01. The average Bonchev–Trinajstić information content (AvgIpc) is 2.21. The second kappa shape index (κ2) is 6.18. The van der Waals surface area contributed by atoms with Crippen LogP contribution in [0.5, 0.6) is 0 Å². The fourth-order valence-corrected chi connectivity index (χ4v) is 2.06. The van der Waals surface area contributed by atoms with Gasteiger partial charge in [0, 0.05) is 19.6 Å². The van der Waals surface area contributed by atoms with E-state index in [9.17, 15) is 13.2 Å². The molecular weight excluding hydrogens is 251 g/mol. The Bertz CT molecular complexity index is 258. The lowest BCUT2D eigenvalue weighted by atomic mass is 10.1. The van der Waals surface area contributed by atoms with Crippen LogP contribution in [-0.4, -0.2) is 67.3 Å². The molecule has 1 atom stereocenters. The first-order valence-electron chi connectivity index (χ1n) is 5.87. The molecule has 4 nitrogen and oxygen atoms in total. The number of morpholine rings is 1. The molecule has 0 spiro atoms. The third-order valence-corrected chi connectivity index (χ3v) is 2.57. The summed E-state index contributed by atoms with van der Waals surface area (Å²) in [4.78, 5) is 1.95. The van der Waals surface area contributed by atoms with Crippen molar-refractivity contribution in [2.45, 2.75) is 31.7 Å². The van der Waals surface area contributed by atoms with Gasteiger partial charge in [0.05, 0.1) is 24.9 Å². The molecule has 1 heterocycles. The summed E-state index contributed by atoms with van der Waals surface area (Å²) in [5.74, 6) is 0. The molecular formula is C11H20F3NO3. The second-order valence-electron chi connectivity index (χ2n) is 5.09. The number of halogens is 3. The lowest BCUT2D eigenvalue weighted by Crippen LogP contribution is -2.54. The summed E-state index contributed by atoms with van der Waals surface area (Å²) < 4.78 is 45.8. The smallest absolute Gasteiger partial charge is 0.394 e. The van der Waals surface area contributed by atoms with Crippen LogP contribution in [-0.2, 0) is 9.47 Å². The molecule has 0 amide bonds. The highest BCUT2D eigenvalue weighted by Crippen LogP contribution is 2.20. The van der Waals surface area contributed by atoms with Crippen LogP contribution in [0.15, 0.2) is 0 Å². The van der Waals surface area contributed by atoms with E-state index >= 15 is 0 Å². The molecule has 1 unspecified atom stereocenters. The standard InChI is InChI=1S/C11H20F3NO3/c1-10(2)7-15(5-9(6-16)18-10)3-4-17-8-11(12,13)14/h9,16H,3-8H2,1-2H3. The first-order chi connectivity index (χ1) is 8.22. The van der Waals surface area contributed by atoms with Gasteiger partial charge < -0.3 is 14.6 Å². The normalized spacial score (nSPS) is 25.3. The van der Waals surface area contributed by atoms with E-state index in [4.69, 9.17) is 9.84 Å². The Balaban J connectivity index is 2.29. The van der Waals surface area contributed by atoms with Crippen LogP contribution in [0.25, 0.3) is 0 Å². The first-order valence-corrected chi connectivity index (χ1v) is 5.87. The molecule has 1 saturated heterocycles. The third kappa shape index (κ3) is 5.99. The van der Waals surface area contributed by atoms with Crippen LogP contribution in [0, 0.1) is 0 Å². The Hall–Kier alpha value is -0.370. The lowest BCUT2D eigenvalue weighted by molar-refractivity contribution is -0.179. The van der Waals surface area contributed by atoms with Gasteiger partial charge in [0.15, 0.2) is 0 Å². The number of ether oxygens (including phenoxy) is 2. The van der Waals surface area contributed by atoms with Gasteiger partial charge in [-0.1, -0.05) is 0 Å². The molecule has 0 radical (unpaired) electrons. The highest BCUT2D eigenvalue weighted by Gasteiger charge is 2.33. The Morgan fingerprint density at radius 3 is 2.67 bits per heavy atom. The van der Waals surface area contributed by atoms with Crippen molar-refractivity contribution in [1.29, 1.82) is 0 Å². The van der Waals surface area contributed by atoms with Crippen molar-refractivity contribution in [2.24, 2.45) is 0 Å². The van der Waals surface area contributed by atoms with Crippen molar-refractivity contribution in [1.82, 2.24) is 4.90 Å². The maximum Gasteiger partial charge on any atom is 0.411 e. The summed E-state index contributed by atoms with van der Waals surface area (Å²) in [7, 11) is 0. The number of rotatable bonds is 5. The van der Waals surface area contributed by atoms with Crippen molar-refractivity contribution >= 4 is 0 Å². The fraction of sp³-hybridized carbons (Fsp3) is 1.00. The number of aliphatic hydroxyl groups excluding tert-OH is 1. The quantitative estimate of drug-likeness (QED) is 0.759. The molecule has 0 bridgehead atoms. The number of alkyl halides is 3. The first kappa shape index (κ1) is 15.7. The van der Waals surface area contributed by atoms with Crippen molar-refractivity contribution in [3.05, 3.63) is 0 Å². The molecule has 108 valence electrons. The molecule has 0 aliphatic carbocycles. The predicted molar refractivity (Wildman–Crippen MR) is 59.4 cm³/mol. The summed E-state index contributed by atoms with van der Waals surface area (Å²) in [6.07, 6.45) is -4.57. The van der Waals surface area contributed by atoms with E-state index in [0.717, 1.165) is 0 Å². The molecule has 1 aliphatic rings. The average molecular weight is 271 g/mol. The Morgan fingerprint density at radius 2 is 2.11 bits per heavy atom. The largest absolute Gasteiger partial charge is 0.411 e. The van der Waals surface area contributed by atoms with Crippen molar-refractivity contribution in [2.75, 3.05) is 39.5 Å². The Kier molecular flexibility index (Phi) is 5.39. The molecule has 7 heteroatoms. The summed E-state index contributed by atoms with van der Waals surface area (Å²) in [5, 5.41) is 9.09. The third-order valence-electron chi connectivity index (χ3n) is 2.57. The van der Waals surface area contributed by atoms with E-state index in [-0.39, 0.29) is 19.3 Å². The van der Waals surface area contributed by atoms with Crippen LogP contribution in [0.1, 0.15) is 13.8 Å². The van der Waals surface area contributed by atoms with Crippen LogP contribution in [0.3, 0.4) is 0 Å². The maximum atomic E-state index is 11.9. The van der Waals surface area contributed by atoms with Gasteiger partial charge in [0.25, 0.3) is 0 Å². The minimum Gasteiger partial charge on any atom is -0.394 e. The fourth-order valence-electron chi connectivity index (χ4n) is 2.06. The van der Waals surface area contributed by atoms with E-state index in [1.165, 1.54) is 0 Å². The van der Waals surface area contributed by atoms with Crippen molar-refractivity contribution < 1.29 is 27.8 Å².